The lowest BCUT2D eigenvalue weighted by Gasteiger charge is -2.38. The maximum atomic E-state index is 12.4. The summed E-state index contributed by atoms with van der Waals surface area (Å²) in [6.45, 7) is 3.26. The van der Waals surface area contributed by atoms with Crippen LogP contribution in [-0.4, -0.2) is 42.9 Å². The zero-order valence-electron chi connectivity index (χ0n) is 12.1. The molecule has 2 heterocycles. The number of amides is 1. The van der Waals surface area contributed by atoms with Crippen molar-refractivity contribution in [3.63, 3.8) is 0 Å². The third kappa shape index (κ3) is 2.36. The average molecular weight is 279 g/mol. The van der Waals surface area contributed by atoms with Crippen molar-refractivity contribution < 1.29 is 18.7 Å². The minimum atomic E-state index is -0.374. The van der Waals surface area contributed by atoms with E-state index in [1.54, 1.807) is 11.2 Å². The highest BCUT2D eigenvalue weighted by atomic mass is 16.7. The molecule has 1 aliphatic heterocycles. The molecule has 2 aliphatic rings. The Morgan fingerprint density at radius 1 is 1.30 bits per heavy atom. The van der Waals surface area contributed by atoms with Crippen LogP contribution in [-0.2, 0) is 9.47 Å². The molecular weight excluding hydrogens is 258 g/mol. The molecule has 20 heavy (non-hydrogen) atoms. The molecule has 0 N–H and O–H groups in total. The van der Waals surface area contributed by atoms with Crippen LogP contribution in [0, 0.1) is 6.92 Å². The van der Waals surface area contributed by atoms with E-state index in [-0.39, 0.29) is 17.7 Å². The van der Waals surface area contributed by atoms with Crippen molar-refractivity contribution in [1.82, 2.24) is 4.90 Å². The second-order valence-corrected chi connectivity index (χ2v) is 5.69. The van der Waals surface area contributed by atoms with Gasteiger partial charge in [0, 0.05) is 31.5 Å². The first kappa shape index (κ1) is 13.6. The van der Waals surface area contributed by atoms with Crippen molar-refractivity contribution >= 4 is 5.91 Å². The second-order valence-electron chi connectivity index (χ2n) is 5.69. The monoisotopic (exact) mass is 279 g/mol. The number of rotatable bonds is 2. The smallest absolute Gasteiger partial charge is 0.289 e. The Morgan fingerprint density at radius 2 is 1.95 bits per heavy atom. The quantitative estimate of drug-likeness (QED) is 0.834. The van der Waals surface area contributed by atoms with E-state index < -0.39 is 0 Å². The second kappa shape index (κ2) is 5.22. The fraction of sp³-hybridized carbons (Fsp3) is 0.667. The summed E-state index contributed by atoms with van der Waals surface area (Å²) in [4.78, 5) is 14.2. The Labute approximate surface area is 118 Å². The molecule has 1 saturated carbocycles. The van der Waals surface area contributed by atoms with E-state index in [1.807, 2.05) is 20.0 Å². The molecular formula is C15H21NO4. The number of aryl methyl sites for hydroxylation is 1. The van der Waals surface area contributed by atoms with Crippen LogP contribution in [0.3, 0.4) is 0 Å². The van der Waals surface area contributed by atoms with Gasteiger partial charge in [0.25, 0.3) is 5.91 Å². The molecule has 1 aromatic rings. The Bertz CT molecular complexity index is 480. The maximum Gasteiger partial charge on any atom is 0.289 e. The normalized spacial score (nSPS) is 22.3. The highest BCUT2D eigenvalue weighted by Gasteiger charge is 2.42. The number of carbonyl (C=O) groups is 1. The van der Waals surface area contributed by atoms with Crippen LogP contribution in [0.4, 0.5) is 0 Å². The van der Waals surface area contributed by atoms with Gasteiger partial charge in [-0.3, -0.25) is 4.79 Å². The maximum absolute atomic E-state index is 12.4. The summed E-state index contributed by atoms with van der Waals surface area (Å²) < 4.78 is 16.7. The van der Waals surface area contributed by atoms with Crippen molar-refractivity contribution in [2.45, 2.75) is 44.4 Å². The van der Waals surface area contributed by atoms with Gasteiger partial charge in [-0.15, -0.1) is 0 Å². The van der Waals surface area contributed by atoms with Crippen LogP contribution in [0.2, 0.25) is 0 Å². The fourth-order valence-electron chi connectivity index (χ4n) is 3.13. The van der Waals surface area contributed by atoms with Gasteiger partial charge in [0.05, 0.1) is 19.5 Å². The lowest BCUT2D eigenvalue weighted by molar-refractivity contribution is -0.182. The first-order valence-corrected chi connectivity index (χ1v) is 7.20. The lowest BCUT2D eigenvalue weighted by atomic mass is 9.89. The largest absolute Gasteiger partial charge is 0.459 e. The van der Waals surface area contributed by atoms with Crippen LogP contribution in [0.25, 0.3) is 0 Å². The summed E-state index contributed by atoms with van der Waals surface area (Å²) >= 11 is 0. The summed E-state index contributed by atoms with van der Waals surface area (Å²) in [6.07, 6.45) is 5.08. The standard InChI is InChI=1S/C15H21NO4/c1-11-5-8-18-13(11)14(17)16(2)12-3-6-15(7-4-12)19-9-10-20-15/h5,8,12H,3-4,6-7,9-10H2,1-2H3. The first-order chi connectivity index (χ1) is 9.61. The lowest BCUT2D eigenvalue weighted by Crippen LogP contribution is -2.45. The van der Waals surface area contributed by atoms with Gasteiger partial charge in [0.1, 0.15) is 0 Å². The van der Waals surface area contributed by atoms with Crippen LogP contribution in [0.1, 0.15) is 41.8 Å². The molecule has 2 fully saturated rings. The van der Waals surface area contributed by atoms with Gasteiger partial charge in [-0.2, -0.15) is 0 Å². The summed E-state index contributed by atoms with van der Waals surface area (Å²) in [5.74, 6) is 0.0314. The molecule has 110 valence electrons. The number of hydrogen-bond acceptors (Lipinski definition) is 4. The van der Waals surface area contributed by atoms with Crippen molar-refractivity contribution in [2.75, 3.05) is 20.3 Å². The summed E-state index contributed by atoms with van der Waals surface area (Å²) in [7, 11) is 1.85. The van der Waals surface area contributed by atoms with E-state index in [0.717, 1.165) is 31.2 Å². The number of nitrogens with zero attached hydrogens (tertiary/aromatic N) is 1. The van der Waals surface area contributed by atoms with Gasteiger partial charge in [0.2, 0.25) is 0 Å². The molecule has 1 aromatic heterocycles. The van der Waals surface area contributed by atoms with Gasteiger partial charge < -0.3 is 18.8 Å². The van der Waals surface area contributed by atoms with E-state index in [0.29, 0.717) is 19.0 Å². The Hall–Kier alpha value is -1.33. The molecule has 1 saturated heterocycles. The van der Waals surface area contributed by atoms with Crippen LogP contribution in [0.15, 0.2) is 16.7 Å². The van der Waals surface area contributed by atoms with E-state index in [9.17, 15) is 4.79 Å². The first-order valence-electron chi connectivity index (χ1n) is 7.20. The third-order valence-electron chi connectivity index (χ3n) is 4.45. The molecule has 3 rings (SSSR count). The minimum Gasteiger partial charge on any atom is -0.459 e. The molecule has 0 unspecified atom stereocenters. The fourth-order valence-corrected chi connectivity index (χ4v) is 3.13. The van der Waals surface area contributed by atoms with E-state index in [2.05, 4.69) is 0 Å². The third-order valence-corrected chi connectivity index (χ3v) is 4.45. The van der Waals surface area contributed by atoms with Gasteiger partial charge >= 0.3 is 0 Å². The number of hydrogen-bond donors (Lipinski definition) is 0. The van der Waals surface area contributed by atoms with Crippen molar-refractivity contribution in [3.05, 3.63) is 23.7 Å². The minimum absolute atomic E-state index is 0.0401. The molecule has 0 bridgehead atoms. The topological polar surface area (TPSA) is 51.9 Å². The predicted molar refractivity (Wildman–Crippen MR) is 72.4 cm³/mol. The summed E-state index contributed by atoms with van der Waals surface area (Å²) in [5.41, 5.74) is 0.886. The molecule has 1 amide bonds. The zero-order chi connectivity index (χ0) is 14.2. The molecule has 5 nitrogen and oxygen atoms in total. The number of ether oxygens (including phenoxy) is 2. The van der Waals surface area contributed by atoms with Crippen LogP contribution in [0.5, 0.6) is 0 Å². The molecule has 5 heteroatoms. The predicted octanol–water partition coefficient (Wildman–Crippen LogP) is 2.35. The van der Waals surface area contributed by atoms with E-state index in [1.165, 1.54) is 0 Å². The van der Waals surface area contributed by atoms with Crippen molar-refractivity contribution in [2.24, 2.45) is 0 Å². The molecule has 0 aromatic carbocycles. The highest BCUT2D eigenvalue weighted by Crippen LogP contribution is 2.37. The van der Waals surface area contributed by atoms with Gasteiger partial charge in [-0.25, -0.2) is 0 Å². The Kier molecular flexibility index (Phi) is 3.56. The molecule has 1 aliphatic carbocycles. The number of furan rings is 1. The van der Waals surface area contributed by atoms with Gasteiger partial charge in [-0.05, 0) is 25.8 Å². The zero-order valence-corrected chi connectivity index (χ0v) is 12.1. The Balaban J connectivity index is 1.63. The summed E-state index contributed by atoms with van der Waals surface area (Å²) in [5, 5.41) is 0. The Morgan fingerprint density at radius 3 is 2.50 bits per heavy atom. The highest BCUT2D eigenvalue weighted by molar-refractivity contribution is 5.92. The van der Waals surface area contributed by atoms with Crippen LogP contribution >= 0.6 is 0 Å². The van der Waals surface area contributed by atoms with Crippen molar-refractivity contribution in [3.8, 4) is 0 Å². The van der Waals surface area contributed by atoms with E-state index in [4.69, 9.17) is 13.9 Å². The van der Waals surface area contributed by atoms with Crippen molar-refractivity contribution in [1.29, 1.82) is 0 Å². The summed E-state index contributed by atoms with van der Waals surface area (Å²) in [6, 6.07) is 2.04. The number of carbonyl (C=O) groups excluding carboxylic acids is 1. The molecule has 0 radical (unpaired) electrons. The SMILES string of the molecule is Cc1ccoc1C(=O)N(C)C1CCC2(CC1)OCCO2. The average Bonchev–Trinajstić information content (AvgIpc) is 3.08. The molecule has 1 spiro atoms. The van der Waals surface area contributed by atoms with Gasteiger partial charge in [0.15, 0.2) is 11.5 Å². The van der Waals surface area contributed by atoms with Gasteiger partial charge in [-0.1, -0.05) is 0 Å². The molecule has 0 atom stereocenters. The van der Waals surface area contributed by atoms with Crippen LogP contribution < -0.4 is 0 Å². The van der Waals surface area contributed by atoms with E-state index >= 15 is 0 Å².